The van der Waals surface area contributed by atoms with Crippen LogP contribution in [-0.4, -0.2) is 73.2 Å². The molecule has 2 atom stereocenters. The van der Waals surface area contributed by atoms with Gasteiger partial charge < -0.3 is 25.3 Å². The van der Waals surface area contributed by atoms with E-state index < -0.39 is 5.41 Å². The highest BCUT2D eigenvalue weighted by Gasteiger charge is 2.44. The van der Waals surface area contributed by atoms with Crippen molar-refractivity contribution in [3.8, 4) is 6.07 Å². The molecule has 0 aliphatic heterocycles. The zero-order valence-electron chi connectivity index (χ0n) is 29.9. The Morgan fingerprint density at radius 3 is 2.67 bits per heavy atom. The van der Waals surface area contributed by atoms with E-state index in [-0.39, 0.29) is 30.9 Å². The van der Waals surface area contributed by atoms with E-state index in [0.29, 0.717) is 36.7 Å². The molecule has 260 valence electrons. The minimum absolute atomic E-state index is 0.0703. The molecular formula is C38H55N7O3. The maximum absolute atomic E-state index is 13.2. The maximum atomic E-state index is 13.2. The molecule has 1 heterocycles. The Labute approximate surface area is 287 Å². The first-order valence-electron chi connectivity index (χ1n) is 17.3. The molecule has 2 amide bonds. The van der Waals surface area contributed by atoms with Gasteiger partial charge in [-0.25, -0.2) is 0 Å². The van der Waals surface area contributed by atoms with E-state index in [4.69, 9.17) is 4.42 Å². The summed E-state index contributed by atoms with van der Waals surface area (Å²) in [5.74, 6) is 0.736. The molecule has 1 aliphatic rings. The molecule has 0 fully saturated rings. The van der Waals surface area contributed by atoms with Crippen LogP contribution in [0.1, 0.15) is 105 Å². The van der Waals surface area contributed by atoms with Gasteiger partial charge in [0.1, 0.15) is 6.54 Å². The Morgan fingerprint density at radius 1 is 1.23 bits per heavy atom. The standard InChI is InChI=1S/C38H55N7O3/c1-8-10-21-45(22-19-39)35(46)26-42-28(4)24-38(37-44-43-29(5)48-37)25-30(9-2)31(14-13-27(3)12-11-20-40-6)15-16-32-23-33(36(47)41-7)17-18-34(32)38/h9,13,17-18,23,28,40,42H,2,8,10-12,14-16,20-22,24-26H2,1,3-7H3,(H,41,47)/b27-13+,31-30-/t28-,38?/m1/s1. The molecular weight excluding hydrogens is 602 g/mol. The first-order chi connectivity index (χ1) is 23.1. The van der Waals surface area contributed by atoms with E-state index >= 15 is 0 Å². The van der Waals surface area contributed by atoms with Gasteiger partial charge in [0.2, 0.25) is 17.7 Å². The number of benzene rings is 1. The average Bonchev–Trinajstić information content (AvgIpc) is 3.53. The number of aromatic nitrogens is 2. The molecule has 10 nitrogen and oxygen atoms in total. The lowest BCUT2D eigenvalue weighted by Crippen LogP contribution is -2.44. The predicted molar refractivity (Wildman–Crippen MR) is 191 cm³/mol. The van der Waals surface area contributed by atoms with E-state index in [1.807, 2.05) is 31.3 Å². The van der Waals surface area contributed by atoms with Crippen LogP contribution >= 0.6 is 0 Å². The first kappa shape index (κ1) is 38.4. The lowest BCUT2D eigenvalue weighted by atomic mass is 9.66. The highest BCUT2D eigenvalue weighted by atomic mass is 16.4. The number of rotatable bonds is 18. The highest BCUT2D eigenvalue weighted by molar-refractivity contribution is 5.94. The second-order valence-electron chi connectivity index (χ2n) is 12.9. The molecule has 1 aromatic heterocycles. The molecule has 0 bridgehead atoms. The zero-order valence-corrected chi connectivity index (χ0v) is 29.9. The van der Waals surface area contributed by atoms with Crippen molar-refractivity contribution in [1.29, 1.82) is 5.26 Å². The highest BCUT2D eigenvalue weighted by Crippen LogP contribution is 2.46. The molecule has 1 aliphatic carbocycles. The molecule has 2 aromatic rings. The van der Waals surface area contributed by atoms with Gasteiger partial charge in [-0.1, -0.05) is 49.3 Å². The van der Waals surface area contributed by atoms with Crippen LogP contribution < -0.4 is 16.0 Å². The van der Waals surface area contributed by atoms with Crippen LogP contribution in [0.3, 0.4) is 0 Å². The third kappa shape index (κ3) is 10.2. The Kier molecular flexibility index (Phi) is 15.2. The Hall–Kier alpha value is -4.07. The number of hydrogen-bond acceptors (Lipinski definition) is 8. The van der Waals surface area contributed by atoms with Gasteiger partial charge >= 0.3 is 0 Å². The van der Waals surface area contributed by atoms with E-state index in [2.05, 4.69) is 65.6 Å². The maximum Gasteiger partial charge on any atom is 0.251 e. The second-order valence-corrected chi connectivity index (χ2v) is 12.9. The van der Waals surface area contributed by atoms with Gasteiger partial charge in [0, 0.05) is 32.1 Å². The summed E-state index contributed by atoms with van der Waals surface area (Å²) in [6.45, 7) is 14.1. The fraction of sp³-hybridized carbons (Fsp3) is 0.553. The molecule has 0 spiro atoms. The molecule has 1 unspecified atom stereocenters. The summed E-state index contributed by atoms with van der Waals surface area (Å²) in [5, 5.41) is 27.6. The van der Waals surface area contributed by atoms with Crippen molar-refractivity contribution >= 4 is 11.8 Å². The summed E-state index contributed by atoms with van der Waals surface area (Å²) in [6.07, 6.45) is 11.7. The number of carbonyl (C=O) groups excluding carboxylic acids is 2. The van der Waals surface area contributed by atoms with Crippen LogP contribution in [0.4, 0.5) is 0 Å². The van der Waals surface area contributed by atoms with E-state index in [1.54, 1.807) is 18.9 Å². The van der Waals surface area contributed by atoms with Gasteiger partial charge in [-0.05, 0) is 108 Å². The molecule has 48 heavy (non-hydrogen) atoms. The molecule has 10 heteroatoms. The first-order valence-corrected chi connectivity index (χ1v) is 17.3. The smallest absolute Gasteiger partial charge is 0.251 e. The number of amides is 2. The quantitative estimate of drug-likeness (QED) is 0.106. The van der Waals surface area contributed by atoms with Crippen LogP contribution in [0.2, 0.25) is 0 Å². The van der Waals surface area contributed by atoms with Crippen LogP contribution in [0.5, 0.6) is 0 Å². The van der Waals surface area contributed by atoms with Crippen molar-refractivity contribution in [3.05, 3.63) is 82.1 Å². The SMILES string of the molecule is C=C/C1=C(\C/C=C(\C)CCCNC)CCc2cc(C(=O)NC)ccc2C(C[C@@H](C)NCC(=O)N(CC#N)CCCC)(c2nnc(C)o2)C1. The van der Waals surface area contributed by atoms with Gasteiger partial charge in [0.15, 0.2) is 0 Å². The number of hydrogen-bond donors (Lipinski definition) is 3. The molecule has 3 rings (SSSR count). The van der Waals surface area contributed by atoms with Crippen molar-refractivity contribution in [2.24, 2.45) is 0 Å². The van der Waals surface area contributed by atoms with E-state index in [9.17, 15) is 14.9 Å². The third-order valence-corrected chi connectivity index (χ3v) is 9.28. The summed E-state index contributed by atoms with van der Waals surface area (Å²) in [4.78, 5) is 27.6. The number of fused-ring (bicyclic) bond motifs is 1. The molecule has 0 saturated carbocycles. The normalized spacial score (nSPS) is 18.6. The fourth-order valence-electron chi connectivity index (χ4n) is 6.58. The lowest BCUT2D eigenvalue weighted by molar-refractivity contribution is -0.129. The molecule has 3 N–H and O–H groups in total. The van der Waals surface area contributed by atoms with Gasteiger partial charge in [0.05, 0.1) is 18.0 Å². The number of aryl methyl sites for hydroxylation is 2. The number of allylic oxidation sites excluding steroid dienone is 5. The monoisotopic (exact) mass is 657 g/mol. The molecule has 1 aromatic carbocycles. The fourth-order valence-corrected chi connectivity index (χ4v) is 6.58. The van der Waals surface area contributed by atoms with Crippen LogP contribution in [0.15, 0.2) is 58.1 Å². The van der Waals surface area contributed by atoms with E-state index in [1.165, 1.54) is 11.1 Å². The zero-order chi connectivity index (χ0) is 35.1. The minimum atomic E-state index is -0.761. The largest absolute Gasteiger partial charge is 0.425 e. The molecule has 0 saturated heterocycles. The number of nitrogens with one attached hydrogen (secondary N) is 3. The summed E-state index contributed by atoms with van der Waals surface area (Å²) < 4.78 is 6.29. The minimum Gasteiger partial charge on any atom is -0.425 e. The summed E-state index contributed by atoms with van der Waals surface area (Å²) in [7, 11) is 3.62. The number of nitriles is 1. The van der Waals surface area contributed by atoms with Gasteiger partial charge in [-0.15, -0.1) is 10.2 Å². The van der Waals surface area contributed by atoms with Crippen LogP contribution in [-0.2, 0) is 16.6 Å². The Bertz CT molecular complexity index is 1500. The van der Waals surface area contributed by atoms with Gasteiger partial charge in [-0.2, -0.15) is 5.26 Å². The summed E-state index contributed by atoms with van der Waals surface area (Å²) >= 11 is 0. The Balaban J connectivity index is 2.10. The average molecular weight is 658 g/mol. The number of unbranched alkanes of at least 4 members (excludes halogenated alkanes) is 1. The van der Waals surface area contributed by atoms with Crippen molar-refractivity contribution in [2.75, 3.05) is 40.3 Å². The van der Waals surface area contributed by atoms with Crippen LogP contribution in [0, 0.1) is 18.3 Å². The topological polar surface area (TPSA) is 136 Å². The summed E-state index contributed by atoms with van der Waals surface area (Å²) in [5.41, 5.74) is 5.74. The van der Waals surface area contributed by atoms with Gasteiger partial charge in [-0.3, -0.25) is 9.59 Å². The van der Waals surface area contributed by atoms with Crippen molar-refractivity contribution in [1.82, 2.24) is 31.0 Å². The van der Waals surface area contributed by atoms with Crippen LogP contribution in [0.25, 0.3) is 0 Å². The van der Waals surface area contributed by atoms with Crippen molar-refractivity contribution in [2.45, 2.75) is 96.9 Å². The van der Waals surface area contributed by atoms with Crippen molar-refractivity contribution < 1.29 is 14.0 Å². The lowest BCUT2D eigenvalue weighted by Gasteiger charge is -2.38. The van der Waals surface area contributed by atoms with E-state index in [0.717, 1.165) is 68.2 Å². The molecule has 0 radical (unpaired) electrons. The van der Waals surface area contributed by atoms with Gasteiger partial charge in [0.25, 0.3) is 5.91 Å². The Morgan fingerprint density at radius 2 is 2.02 bits per heavy atom. The summed E-state index contributed by atoms with van der Waals surface area (Å²) in [6, 6.07) is 7.87. The second kappa shape index (κ2) is 19.1. The number of carbonyl (C=O) groups is 2. The third-order valence-electron chi connectivity index (χ3n) is 9.28. The predicted octanol–water partition coefficient (Wildman–Crippen LogP) is 5.70. The van der Waals surface area contributed by atoms with Crippen molar-refractivity contribution in [3.63, 3.8) is 0 Å². The number of nitrogens with zero attached hydrogens (tertiary/aromatic N) is 4.